The van der Waals surface area contributed by atoms with Crippen molar-refractivity contribution in [2.24, 2.45) is 0 Å². The van der Waals surface area contributed by atoms with Crippen LogP contribution in [0.25, 0.3) is 0 Å². The van der Waals surface area contributed by atoms with Gasteiger partial charge in [-0.2, -0.15) is 0 Å². The molecule has 0 aromatic carbocycles. The van der Waals surface area contributed by atoms with E-state index in [0.717, 1.165) is 22.8 Å². The van der Waals surface area contributed by atoms with Crippen LogP contribution in [-0.2, 0) is 0 Å². The molecule has 88 valence electrons. The van der Waals surface area contributed by atoms with Gasteiger partial charge in [0.1, 0.15) is 4.60 Å². The standard InChI is InChI=1S/C11H17BrN4/c1-8-6-10(12)15-11(13-8)14-9-4-3-5-16(2)7-9/h6,9H,3-5,7H2,1-2H3,(H,13,14,15). The quantitative estimate of drug-likeness (QED) is 0.844. The van der Waals surface area contributed by atoms with Crippen LogP contribution in [0, 0.1) is 6.92 Å². The Bertz CT molecular complexity index is 349. The maximum Gasteiger partial charge on any atom is 0.224 e. The molecule has 1 aliphatic rings. The van der Waals surface area contributed by atoms with Gasteiger partial charge in [0.25, 0.3) is 0 Å². The van der Waals surface area contributed by atoms with Gasteiger partial charge in [-0.05, 0) is 55.4 Å². The molecular weight excluding hydrogens is 268 g/mol. The van der Waals surface area contributed by atoms with Crippen LogP contribution < -0.4 is 5.32 Å². The molecule has 4 nitrogen and oxygen atoms in total. The molecule has 2 rings (SSSR count). The Morgan fingerprint density at radius 3 is 3.00 bits per heavy atom. The summed E-state index contributed by atoms with van der Waals surface area (Å²) in [6, 6.07) is 2.38. The lowest BCUT2D eigenvalue weighted by Crippen LogP contribution is -2.40. The lowest BCUT2D eigenvalue weighted by molar-refractivity contribution is 0.260. The van der Waals surface area contributed by atoms with Crippen molar-refractivity contribution >= 4 is 21.9 Å². The lowest BCUT2D eigenvalue weighted by atomic mass is 10.1. The van der Waals surface area contributed by atoms with E-state index in [1.54, 1.807) is 0 Å². The van der Waals surface area contributed by atoms with Crippen molar-refractivity contribution in [2.75, 3.05) is 25.5 Å². The molecule has 1 aliphatic heterocycles. The Labute approximate surface area is 105 Å². The first-order valence-electron chi connectivity index (χ1n) is 5.60. The predicted molar refractivity (Wildman–Crippen MR) is 68.6 cm³/mol. The zero-order valence-electron chi connectivity index (χ0n) is 9.70. The summed E-state index contributed by atoms with van der Waals surface area (Å²) in [6.45, 7) is 4.23. The molecule has 0 aliphatic carbocycles. The molecule has 2 heterocycles. The number of nitrogens with zero attached hydrogens (tertiary/aromatic N) is 3. The van der Waals surface area contributed by atoms with Gasteiger partial charge in [0.15, 0.2) is 0 Å². The van der Waals surface area contributed by atoms with E-state index in [0.29, 0.717) is 6.04 Å². The number of rotatable bonds is 2. The van der Waals surface area contributed by atoms with Crippen molar-refractivity contribution in [1.82, 2.24) is 14.9 Å². The Hall–Kier alpha value is -0.680. The molecule has 1 N–H and O–H groups in total. The Kier molecular flexibility index (Phi) is 3.76. The van der Waals surface area contributed by atoms with Gasteiger partial charge in [-0.25, -0.2) is 9.97 Å². The second kappa shape index (κ2) is 5.10. The van der Waals surface area contributed by atoms with E-state index in [-0.39, 0.29) is 0 Å². The molecule has 1 fully saturated rings. The van der Waals surface area contributed by atoms with Gasteiger partial charge >= 0.3 is 0 Å². The molecule has 1 aromatic heterocycles. The van der Waals surface area contributed by atoms with Crippen LogP contribution in [0.1, 0.15) is 18.5 Å². The van der Waals surface area contributed by atoms with Crippen molar-refractivity contribution in [3.63, 3.8) is 0 Å². The maximum atomic E-state index is 4.38. The minimum absolute atomic E-state index is 0.465. The van der Waals surface area contributed by atoms with Gasteiger partial charge in [-0.15, -0.1) is 0 Å². The second-order valence-corrected chi connectivity index (χ2v) is 5.21. The smallest absolute Gasteiger partial charge is 0.224 e. The average Bonchev–Trinajstić information content (AvgIpc) is 2.15. The topological polar surface area (TPSA) is 41.1 Å². The molecule has 1 saturated heterocycles. The number of piperidine rings is 1. The number of anilines is 1. The van der Waals surface area contributed by atoms with E-state index < -0.39 is 0 Å². The summed E-state index contributed by atoms with van der Waals surface area (Å²) in [6.07, 6.45) is 2.43. The Balaban J connectivity index is 2.02. The van der Waals surface area contributed by atoms with E-state index in [4.69, 9.17) is 0 Å². The van der Waals surface area contributed by atoms with Crippen molar-refractivity contribution < 1.29 is 0 Å². The lowest BCUT2D eigenvalue weighted by Gasteiger charge is -2.30. The fourth-order valence-electron chi connectivity index (χ4n) is 2.06. The van der Waals surface area contributed by atoms with Crippen LogP contribution in [0.2, 0.25) is 0 Å². The molecule has 1 unspecified atom stereocenters. The third-order valence-corrected chi connectivity index (χ3v) is 3.19. The van der Waals surface area contributed by atoms with Gasteiger partial charge in [0.2, 0.25) is 5.95 Å². The number of halogens is 1. The van der Waals surface area contributed by atoms with Crippen LogP contribution in [0.5, 0.6) is 0 Å². The van der Waals surface area contributed by atoms with Crippen molar-refractivity contribution in [2.45, 2.75) is 25.8 Å². The summed E-state index contributed by atoms with van der Waals surface area (Å²) in [7, 11) is 2.15. The molecule has 0 amide bonds. The molecule has 1 atom stereocenters. The average molecular weight is 285 g/mol. The number of likely N-dealkylation sites (tertiary alicyclic amines) is 1. The SMILES string of the molecule is Cc1cc(Br)nc(NC2CCCN(C)C2)n1. The van der Waals surface area contributed by atoms with Gasteiger partial charge in [-0.1, -0.05) is 0 Å². The number of likely N-dealkylation sites (N-methyl/N-ethyl adjacent to an activating group) is 1. The van der Waals surface area contributed by atoms with Crippen LogP contribution in [0.3, 0.4) is 0 Å². The van der Waals surface area contributed by atoms with Crippen molar-refractivity contribution in [1.29, 1.82) is 0 Å². The highest BCUT2D eigenvalue weighted by atomic mass is 79.9. The first-order chi connectivity index (χ1) is 7.63. The Morgan fingerprint density at radius 1 is 1.50 bits per heavy atom. The number of hydrogen-bond acceptors (Lipinski definition) is 4. The molecule has 5 heteroatoms. The fraction of sp³-hybridized carbons (Fsp3) is 0.636. The molecule has 16 heavy (non-hydrogen) atoms. The molecule has 0 radical (unpaired) electrons. The van der Waals surface area contributed by atoms with Gasteiger partial charge in [-0.3, -0.25) is 0 Å². The molecule has 0 bridgehead atoms. The summed E-state index contributed by atoms with van der Waals surface area (Å²) in [4.78, 5) is 11.1. The largest absolute Gasteiger partial charge is 0.350 e. The fourth-order valence-corrected chi connectivity index (χ4v) is 2.56. The van der Waals surface area contributed by atoms with E-state index in [1.807, 2.05) is 13.0 Å². The zero-order chi connectivity index (χ0) is 11.5. The van der Waals surface area contributed by atoms with Gasteiger partial charge in [0.05, 0.1) is 0 Å². The first kappa shape index (κ1) is 11.8. The van der Waals surface area contributed by atoms with Gasteiger partial charge < -0.3 is 10.2 Å². The first-order valence-corrected chi connectivity index (χ1v) is 6.39. The predicted octanol–water partition coefficient (Wildman–Crippen LogP) is 2.05. The zero-order valence-corrected chi connectivity index (χ0v) is 11.3. The van der Waals surface area contributed by atoms with Crippen LogP contribution in [0.15, 0.2) is 10.7 Å². The van der Waals surface area contributed by atoms with Gasteiger partial charge in [0, 0.05) is 18.3 Å². The Morgan fingerprint density at radius 2 is 2.31 bits per heavy atom. The number of aromatic nitrogens is 2. The maximum absolute atomic E-state index is 4.38. The van der Waals surface area contributed by atoms with Crippen LogP contribution in [-0.4, -0.2) is 41.0 Å². The van der Waals surface area contributed by atoms with Crippen molar-refractivity contribution in [3.05, 3.63) is 16.4 Å². The number of nitrogens with one attached hydrogen (secondary N) is 1. The summed E-state index contributed by atoms with van der Waals surface area (Å²) >= 11 is 3.39. The molecule has 0 spiro atoms. The van der Waals surface area contributed by atoms with Crippen LogP contribution in [0.4, 0.5) is 5.95 Å². The molecule has 0 saturated carbocycles. The van der Waals surface area contributed by atoms with E-state index in [9.17, 15) is 0 Å². The summed E-state index contributed by atoms with van der Waals surface area (Å²) in [5.74, 6) is 0.729. The third-order valence-electron chi connectivity index (χ3n) is 2.78. The molecular formula is C11H17BrN4. The minimum Gasteiger partial charge on any atom is -0.350 e. The van der Waals surface area contributed by atoms with E-state index >= 15 is 0 Å². The highest BCUT2D eigenvalue weighted by molar-refractivity contribution is 9.10. The number of hydrogen-bond donors (Lipinski definition) is 1. The highest BCUT2D eigenvalue weighted by Crippen LogP contribution is 2.15. The second-order valence-electron chi connectivity index (χ2n) is 4.40. The summed E-state index contributed by atoms with van der Waals surface area (Å²) < 4.78 is 0.840. The van der Waals surface area contributed by atoms with E-state index in [2.05, 4.69) is 43.2 Å². The van der Waals surface area contributed by atoms with Crippen LogP contribution >= 0.6 is 15.9 Å². The molecule has 1 aromatic rings. The monoisotopic (exact) mass is 284 g/mol. The normalized spacial score (nSPS) is 22.1. The van der Waals surface area contributed by atoms with Crippen molar-refractivity contribution in [3.8, 4) is 0 Å². The number of aryl methyl sites for hydroxylation is 1. The summed E-state index contributed by atoms with van der Waals surface area (Å²) in [5, 5.41) is 3.40. The summed E-state index contributed by atoms with van der Waals surface area (Å²) in [5.41, 5.74) is 0.980. The third kappa shape index (κ3) is 3.15. The highest BCUT2D eigenvalue weighted by Gasteiger charge is 2.17. The van der Waals surface area contributed by atoms with E-state index in [1.165, 1.54) is 19.4 Å². The minimum atomic E-state index is 0.465.